The van der Waals surface area contributed by atoms with Crippen LogP contribution in [-0.2, 0) is 10.3 Å². The molecule has 1 aromatic heterocycles. The zero-order valence-electron chi connectivity index (χ0n) is 21.2. The summed E-state index contributed by atoms with van der Waals surface area (Å²) in [7, 11) is 0. The van der Waals surface area contributed by atoms with Gasteiger partial charge in [-0.25, -0.2) is 9.97 Å². The molecular weight excluding hydrogens is 468 g/mol. The van der Waals surface area contributed by atoms with Crippen LogP contribution in [-0.4, -0.2) is 86.6 Å². The van der Waals surface area contributed by atoms with Gasteiger partial charge in [0.05, 0.1) is 36.8 Å². The molecule has 1 spiro atoms. The quantitative estimate of drug-likeness (QED) is 0.576. The Bertz CT molecular complexity index is 1270. The molecular formula is C26H34N10O. The van der Waals surface area contributed by atoms with Crippen LogP contribution in [0.5, 0.6) is 0 Å². The third kappa shape index (κ3) is 4.33. The fraction of sp³-hybridized carbons (Fsp3) is 0.615. The summed E-state index contributed by atoms with van der Waals surface area (Å²) in [6.45, 7) is 6.82. The second-order valence-electron chi connectivity index (χ2n) is 10.7. The Morgan fingerprint density at radius 3 is 2.57 bits per heavy atom. The molecule has 3 fully saturated rings. The number of rotatable bonds is 3. The first-order valence-corrected chi connectivity index (χ1v) is 13.7. The van der Waals surface area contributed by atoms with E-state index in [0.717, 1.165) is 76.2 Å². The van der Waals surface area contributed by atoms with Gasteiger partial charge in [-0.1, -0.05) is 19.3 Å². The van der Waals surface area contributed by atoms with E-state index in [4.69, 9.17) is 9.72 Å². The van der Waals surface area contributed by atoms with E-state index in [1.54, 1.807) is 6.20 Å². The molecule has 1 N–H and O–H groups in total. The SMILES string of the molecule is c1cc(N=c2ncc3nnc4n(c-3n2)C2(CCCCC2)CN4)ncc1N1CCC(N2CCOCC2)CC1. The number of nitrogens with one attached hydrogen (secondary N) is 1. The number of morpholine rings is 1. The monoisotopic (exact) mass is 502 g/mol. The Morgan fingerprint density at radius 2 is 1.78 bits per heavy atom. The van der Waals surface area contributed by atoms with Gasteiger partial charge in [-0.2, -0.15) is 9.98 Å². The third-order valence-electron chi connectivity index (χ3n) is 8.59. The summed E-state index contributed by atoms with van der Waals surface area (Å²) in [6, 6.07) is 4.74. The molecule has 1 saturated carbocycles. The highest BCUT2D eigenvalue weighted by molar-refractivity contribution is 5.54. The fourth-order valence-electron chi connectivity index (χ4n) is 6.56. The van der Waals surface area contributed by atoms with Crippen LogP contribution in [0.2, 0.25) is 0 Å². The predicted molar refractivity (Wildman–Crippen MR) is 139 cm³/mol. The van der Waals surface area contributed by atoms with Crippen LogP contribution < -0.4 is 15.8 Å². The molecule has 11 heteroatoms. The summed E-state index contributed by atoms with van der Waals surface area (Å²) in [4.78, 5) is 23.6. The largest absolute Gasteiger partial charge is 0.379 e. The summed E-state index contributed by atoms with van der Waals surface area (Å²) in [5.74, 6) is 2.20. The van der Waals surface area contributed by atoms with Crippen molar-refractivity contribution in [2.24, 2.45) is 4.99 Å². The topological polar surface area (TPSA) is 109 Å². The minimum Gasteiger partial charge on any atom is -0.379 e. The lowest BCUT2D eigenvalue weighted by Gasteiger charge is -2.40. The Hall–Kier alpha value is -3.18. The maximum Gasteiger partial charge on any atom is 0.253 e. The van der Waals surface area contributed by atoms with Crippen LogP contribution in [0.1, 0.15) is 44.9 Å². The molecule has 0 amide bonds. The molecule has 6 aliphatic rings. The van der Waals surface area contributed by atoms with Gasteiger partial charge in [0.25, 0.3) is 5.62 Å². The molecule has 0 bridgehead atoms. The predicted octanol–water partition coefficient (Wildman–Crippen LogP) is 2.19. The standard InChI is InChI=1S/C26H34N10O/c1-2-8-26(9-3-1)18-29-25-33-32-21-17-28-24(31-23(21)36(25)26)30-22-5-4-20(16-27-22)34-10-6-19(7-11-34)35-12-14-37-15-13-35/h4-5,16-17,19H,1-3,6-15,18H2,(H,29,33). The van der Waals surface area contributed by atoms with E-state index in [9.17, 15) is 0 Å². The van der Waals surface area contributed by atoms with Crippen LogP contribution in [0.4, 0.5) is 17.5 Å². The number of piperidine rings is 1. The van der Waals surface area contributed by atoms with Crippen molar-refractivity contribution >= 4 is 17.5 Å². The molecule has 0 unspecified atom stereocenters. The number of hydrogen-bond donors (Lipinski definition) is 1. The van der Waals surface area contributed by atoms with E-state index in [0.29, 0.717) is 23.2 Å². The fourth-order valence-corrected chi connectivity index (χ4v) is 6.56. The normalized spacial score (nSPS) is 22.9. The van der Waals surface area contributed by atoms with Crippen molar-refractivity contribution < 1.29 is 4.74 Å². The Kier molecular flexibility index (Phi) is 5.96. The van der Waals surface area contributed by atoms with Crippen LogP contribution >= 0.6 is 0 Å². The smallest absolute Gasteiger partial charge is 0.253 e. The highest BCUT2D eigenvalue weighted by Crippen LogP contribution is 2.42. The van der Waals surface area contributed by atoms with E-state index in [1.165, 1.54) is 32.1 Å². The van der Waals surface area contributed by atoms with Gasteiger partial charge in [0.2, 0.25) is 5.95 Å². The van der Waals surface area contributed by atoms with Crippen molar-refractivity contribution in [1.29, 1.82) is 0 Å². The van der Waals surface area contributed by atoms with Gasteiger partial charge < -0.3 is 15.0 Å². The number of ether oxygens (including phenoxy) is 1. The van der Waals surface area contributed by atoms with Gasteiger partial charge in [-0.3, -0.25) is 9.47 Å². The van der Waals surface area contributed by atoms with Crippen molar-refractivity contribution in [3.63, 3.8) is 0 Å². The highest BCUT2D eigenvalue weighted by atomic mass is 16.5. The second kappa shape index (κ2) is 9.60. The molecule has 7 rings (SSSR count). The average molecular weight is 503 g/mol. The first-order chi connectivity index (χ1) is 18.3. The van der Waals surface area contributed by atoms with Gasteiger partial charge in [0.1, 0.15) is 5.69 Å². The summed E-state index contributed by atoms with van der Waals surface area (Å²) in [5, 5.41) is 12.2. The molecule has 37 heavy (non-hydrogen) atoms. The molecule has 5 aliphatic heterocycles. The molecule has 1 aliphatic carbocycles. The van der Waals surface area contributed by atoms with Gasteiger partial charge in [0.15, 0.2) is 11.6 Å². The third-order valence-corrected chi connectivity index (χ3v) is 8.59. The van der Waals surface area contributed by atoms with Crippen LogP contribution in [0.15, 0.2) is 29.5 Å². The Labute approximate surface area is 216 Å². The van der Waals surface area contributed by atoms with E-state index in [-0.39, 0.29) is 5.54 Å². The molecule has 0 aromatic carbocycles. The van der Waals surface area contributed by atoms with E-state index < -0.39 is 0 Å². The van der Waals surface area contributed by atoms with E-state index in [1.807, 2.05) is 12.3 Å². The molecule has 6 heterocycles. The molecule has 11 nitrogen and oxygen atoms in total. The summed E-state index contributed by atoms with van der Waals surface area (Å²) in [6.07, 6.45) is 12.0. The number of fused-ring (bicyclic) bond motifs is 4. The Morgan fingerprint density at radius 1 is 0.946 bits per heavy atom. The van der Waals surface area contributed by atoms with E-state index in [2.05, 4.69) is 50.9 Å². The van der Waals surface area contributed by atoms with Crippen LogP contribution in [0, 0.1) is 0 Å². The van der Waals surface area contributed by atoms with Crippen molar-refractivity contribution in [3.8, 4) is 11.5 Å². The summed E-state index contributed by atoms with van der Waals surface area (Å²) >= 11 is 0. The van der Waals surface area contributed by atoms with Gasteiger partial charge >= 0.3 is 0 Å². The van der Waals surface area contributed by atoms with Crippen LogP contribution in [0.3, 0.4) is 0 Å². The Balaban J connectivity index is 1.10. The molecule has 2 saturated heterocycles. The number of aromatic nitrogens is 6. The van der Waals surface area contributed by atoms with Crippen molar-refractivity contribution in [3.05, 3.63) is 30.1 Å². The van der Waals surface area contributed by atoms with Gasteiger partial charge in [-0.15, -0.1) is 10.2 Å². The number of nitrogens with zero attached hydrogens (tertiary/aromatic N) is 9. The summed E-state index contributed by atoms with van der Waals surface area (Å²) in [5.41, 5.74) is 2.26. The van der Waals surface area contributed by atoms with Crippen molar-refractivity contribution in [1.82, 2.24) is 34.6 Å². The van der Waals surface area contributed by atoms with Crippen molar-refractivity contribution in [2.75, 3.05) is 56.2 Å². The maximum atomic E-state index is 5.51. The number of anilines is 2. The lowest BCUT2D eigenvalue weighted by Crippen LogP contribution is -2.49. The first-order valence-electron chi connectivity index (χ1n) is 13.7. The number of hydrogen-bond acceptors (Lipinski definition) is 10. The average Bonchev–Trinajstić information content (AvgIpc) is 3.32. The summed E-state index contributed by atoms with van der Waals surface area (Å²) < 4.78 is 7.77. The van der Waals surface area contributed by atoms with E-state index >= 15 is 0 Å². The lowest BCUT2D eigenvalue weighted by molar-refractivity contribution is 0.0115. The zero-order valence-corrected chi connectivity index (χ0v) is 21.2. The first kappa shape index (κ1) is 23.0. The van der Waals surface area contributed by atoms with Crippen molar-refractivity contribution in [2.45, 2.75) is 56.5 Å². The number of pyridine rings is 1. The van der Waals surface area contributed by atoms with Gasteiger partial charge in [-0.05, 0) is 37.8 Å². The highest BCUT2D eigenvalue weighted by Gasteiger charge is 2.42. The zero-order chi connectivity index (χ0) is 24.7. The second-order valence-corrected chi connectivity index (χ2v) is 10.7. The lowest BCUT2D eigenvalue weighted by atomic mass is 9.82. The minimum absolute atomic E-state index is 0.0164. The molecule has 194 valence electrons. The maximum absolute atomic E-state index is 5.51. The molecule has 1 aromatic rings. The van der Waals surface area contributed by atoms with Crippen LogP contribution in [0.25, 0.3) is 11.5 Å². The molecule has 0 radical (unpaired) electrons. The molecule has 0 atom stereocenters. The van der Waals surface area contributed by atoms with Gasteiger partial charge in [0, 0.05) is 38.8 Å². The minimum atomic E-state index is 0.0164.